The van der Waals surface area contributed by atoms with E-state index in [0.717, 1.165) is 5.56 Å². The molecule has 0 bridgehead atoms. The molecule has 0 aliphatic rings. The molecule has 0 fully saturated rings. The fraction of sp³-hybridized carbons (Fsp3) is 0.350. The monoisotopic (exact) mass is 326 g/mol. The number of benzene rings is 2. The minimum absolute atomic E-state index is 0.0844. The molecule has 4 nitrogen and oxygen atoms in total. The van der Waals surface area contributed by atoms with Crippen molar-refractivity contribution in [2.45, 2.75) is 33.4 Å². The molecule has 2 rings (SSSR count). The molecule has 4 heteroatoms. The lowest BCUT2D eigenvalue weighted by Gasteiger charge is -2.30. The molecule has 1 unspecified atom stereocenters. The van der Waals surface area contributed by atoms with Crippen molar-refractivity contribution in [3.8, 4) is 5.75 Å². The normalized spacial score (nSPS) is 12.5. The minimum atomic E-state index is -0.134. The van der Waals surface area contributed by atoms with Crippen molar-refractivity contribution in [3.63, 3.8) is 0 Å². The van der Waals surface area contributed by atoms with E-state index >= 15 is 0 Å². The Morgan fingerprint density at radius 2 is 1.83 bits per heavy atom. The Morgan fingerprint density at radius 3 is 2.46 bits per heavy atom. The fourth-order valence-electron chi connectivity index (χ4n) is 2.34. The van der Waals surface area contributed by atoms with E-state index in [4.69, 9.17) is 10.5 Å². The Morgan fingerprint density at radius 1 is 1.12 bits per heavy atom. The number of rotatable bonds is 6. The second-order valence-corrected chi connectivity index (χ2v) is 6.93. The fourth-order valence-corrected chi connectivity index (χ4v) is 2.34. The van der Waals surface area contributed by atoms with Crippen LogP contribution in [0.3, 0.4) is 0 Å². The molecule has 24 heavy (non-hydrogen) atoms. The van der Waals surface area contributed by atoms with Crippen molar-refractivity contribution < 1.29 is 9.53 Å². The number of hydrogen-bond acceptors (Lipinski definition) is 3. The number of amides is 1. The van der Waals surface area contributed by atoms with Gasteiger partial charge in [-0.1, -0.05) is 57.2 Å². The van der Waals surface area contributed by atoms with Crippen LogP contribution in [0, 0.1) is 5.41 Å². The largest absolute Gasteiger partial charge is 0.489 e. The minimum Gasteiger partial charge on any atom is -0.489 e. The van der Waals surface area contributed by atoms with Crippen molar-refractivity contribution >= 4 is 5.91 Å². The zero-order valence-electron chi connectivity index (χ0n) is 14.6. The highest BCUT2D eigenvalue weighted by atomic mass is 16.5. The quantitative estimate of drug-likeness (QED) is 0.855. The van der Waals surface area contributed by atoms with Gasteiger partial charge in [-0.25, -0.2) is 0 Å². The summed E-state index contributed by atoms with van der Waals surface area (Å²) >= 11 is 0. The predicted octanol–water partition coefficient (Wildman–Crippen LogP) is 3.37. The topological polar surface area (TPSA) is 64.3 Å². The molecule has 1 amide bonds. The molecule has 0 radical (unpaired) electrons. The smallest absolute Gasteiger partial charge is 0.251 e. The van der Waals surface area contributed by atoms with Crippen LogP contribution in [0.25, 0.3) is 0 Å². The first-order valence-electron chi connectivity index (χ1n) is 8.18. The van der Waals surface area contributed by atoms with Gasteiger partial charge in [0.25, 0.3) is 5.91 Å². The van der Waals surface area contributed by atoms with Gasteiger partial charge in [0.2, 0.25) is 0 Å². The van der Waals surface area contributed by atoms with E-state index in [1.165, 1.54) is 0 Å². The van der Waals surface area contributed by atoms with E-state index in [0.29, 0.717) is 24.5 Å². The summed E-state index contributed by atoms with van der Waals surface area (Å²) in [6, 6.07) is 17.1. The summed E-state index contributed by atoms with van der Waals surface area (Å²) in [7, 11) is 0. The maximum absolute atomic E-state index is 12.5. The molecule has 2 aromatic rings. The van der Waals surface area contributed by atoms with Gasteiger partial charge in [0.05, 0.1) is 0 Å². The van der Waals surface area contributed by atoms with Gasteiger partial charge < -0.3 is 15.8 Å². The predicted molar refractivity (Wildman–Crippen MR) is 97.0 cm³/mol. The number of ether oxygens (including phenoxy) is 1. The molecule has 1 atom stereocenters. The van der Waals surface area contributed by atoms with Gasteiger partial charge in [0.1, 0.15) is 12.4 Å². The third kappa shape index (κ3) is 5.10. The molecule has 0 saturated heterocycles. The molecular weight excluding hydrogens is 300 g/mol. The first-order valence-corrected chi connectivity index (χ1v) is 8.18. The average molecular weight is 326 g/mol. The van der Waals surface area contributed by atoms with E-state index in [1.54, 1.807) is 12.1 Å². The second kappa shape index (κ2) is 7.97. The number of carbonyl (C=O) groups is 1. The van der Waals surface area contributed by atoms with Gasteiger partial charge in [0, 0.05) is 18.2 Å². The van der Waals surface area contributed by atoms with E-state index in [2.05, 4.69) is 26.1 Å². The highest BCUT2D eigenvalue weighted by Crippen LogP contribution is 2.20. The molecule has 0 aromatic heterocycles. The lowest BCUT2D eigenvalue weighted by molar-refractivity contribution is 0.0905. The van der Waals surface area contributed by atoms with E-state index in [1.807, 2.05) is 42.5 Å². The van der Waals surface area contributed by atoms with Crippen LogP contribution in [0.4, 0.5) is 0 Å². The van der Waals surface area contributed by atoms with Gasteiger partial charge >= 0.3 is 0 Å². The Hall–Kier alpha value is -2.33. The molecule has 0 heterocycles. The van der Waals surface area contributed by atoms with Crippen molar-refractivity contribution in [1.82, 2.24) is 5.32 Å². The van der Waals surface area contributed by atoms with Crippen molar-refractivity contribution in [1.29, 1.82) is 0 Å². The van der Waals surface area contributed by atoms with E-state index in [-0.39, 0.29) is 17.4 Å². The summed E-state index contributed by atoms with van der Waals surface area (Å²) in [5.41, 5.74) is 7.36. The summed E-state index contributed by atoms with van der Waals surface area (Å²) in [6.07, 6.45) is 0. The average Bonchev–Trinajstić information content (AvgIpc) is 2.57. The molecule has 0 spiro atoms. The molecule has 0 aliphatic heterocycles. The summed E-state index contributed by atoms with van der Waals surface area (Å²) in [5.74, 6) is 0.539. The lowest BCUT2D eigenvalue weighted by Crippen LogP contribution is -2.48. The Kier molecular flexibility index (Phi) is 5.99. The van der Waals surface area contributed by atoms with Gasteiger partial charge in [-0.15, -0.1) is 0 Å². The SMILES string of the molecule is CC(C)(C)C(CN)NC(=O)c1cccc(OCc2ccccc2)c1. The standard InChI is InChI=1S/C20H26N2O2/c1-20(2,3)18(13-21)22-19(23)16-10-7-11-17(12-16)24-14-15-8-5-4-6-9-15/h4-12,18H,13-14,21H2,1-3H3,(H,22,23). The third-order valence-electron chi connectivity index (χ3n) is 3.93. The molecule has 2 aromatic carbocycles. The maximum Gasteiger partial charge on any atom is 0.251 e. The number of hydrogen-bond donors (Lipinski definition) is 2. The number of carbonyl (C=O) groups excluding carboxylic acids is 1. The third-order valence-corrected chi connectivity index (χ3v) is 3.93. The van der Waals surface area contributed by atoms with Gasteiger partial charge in [0.15, 0.2) is 0 Å². The second-order valence-electron chi connectivity index (χ2n) is 6.93. The van der Waals surface area contributed by atoms with Crippen LogP contribution < -0.4 is 15.8 Å². The van der Waals surface area contributed by atoms with Gasteiger partial charge in [-0.2, -0.15) is 0 Å². The number of nitrogens with two attached hydrogens (primary N) is 1. The van der Waals surface area contributed by atoms with Crippen molar-refractivity contribution in [3.05, 3.63) is 65.7 Å². The van der Waals surface area contributed by atoms with Crippen LogP contribution in [0.5, 0.6) is 5.75 Å². The number of nitrogens with one attached hydrogen (secondary N) is 1. The van der Waals surface area contributed by atoms with Gasteiger partial charge in [-0.3, -0.25) is 4.79 Å². The van der Waals surface area contributed by atoms with E-state index < -0.39 is 0 Å². The molecule has 3 N–H and O–H groups in total. The summed E-state index contributed by atoms with van der Waals surface area (Å²) in [5, 5.41) is 3.00. The highest BCUT2D eigenvalue weighted by Gasteiger charge is 2.25. The summed E-state index contributed by atoms with van der Waals surface area (Å²) < 4.78 is 5.78. The Balaban J connectivity index is 2.02. The van der Waals surface area contributed by atoms with Crippen LogP contribution in [0.15, 0.2) is 54.6 Å². The Bertz CT molecular complexity index is 663. The molecule has 0 saturated carbocycles. The zero-order valence-corrected chi connectivity index (χ0v) is 14.6. The first-order chi connectivity index (χ1) is 11.4. The van der Waals surface area contributed by atoms with E-state index in [9.17, 15) is 4.79 Å². The molecular formula is C20H26N2O2. The maximum atomic E-state index is 12.5. The van der Waals surface area contributed by atoms with Crippen LogP contribution in [-0.4, -0.2) is 18.5 Å². The van der Waals surface area contributed by atoms with Crippen molar-refractivity contribution in [2.24, 2.45) is 11.1 Å². The highest BCUT2D eigenvalue weighted by molar-refractivity contribution is 5.94. The van der Waals surface area contributed by atoms with Crippen LogP contribution in [-0.2, 0) is 6.61 Å². The van der Waals surface area contributed by atoms with Gasteiger partial charge in [-0.05, 0) is 29.2 Å². The lowest BCUT2D eigenvalue weighted by atomic mass is 9.86. The van der Waals surface area contributed by atoms with Crippen LogP contribution >= 0.6 is 0 Å². The molecule has 128 valence electrons. The Labute approximate surface area is 144 Å². The summed E-state index contributed by atoms with van der Waals surface area (Å²) in [6.45, 7) is 7.05. The first kappa shape index (κ1) is 18.0. The zero-order chi connectivity index (χ0) is 17.6. The molecule has 0 aliphatic carbocycles. The summed E-state index contributed by atoms with van der Waals surface area (Å²) in [4.78, 5) is 12.5. The van der Waals surface area contributed by atoms with Crippen LogP contribution in [0.1, 0.15) is 36.7 Å². The van der Waals surface area contributed by atoms with Crippen LogP contribution in [0.2, 0.25) is 0 Å². The van der Waals surface area contributed by atoms with Crippen molar-refractivity contribution in [2.75, 3.05) is 6.54 Å².